The van der Waals surface area contributed by atoms with Crippen LogP contribution in [-0.4, -0.2) is 33.4 Å². The molecule has 0 saturated carbocycles. The van der Waals surface area contributed by atoms with Crippen molar-refractivity contribution in [3.05, 3.63) is 53.8 Å². The van der Waals surface area contributed by atoms with Crippen LogP contribution in [0.4, 0.5) is 15.8 Å². The van der Waals surface area contributed by atoms with Gasteiger partial charge in [-0.05, 0) is 54.8 Å². The van der Waals surface area contributed by atoms with Gasteiger partial charge in [0.2, 0.25) is 0 Å². The van der Waals surface area contributed by atoms with Crippen LogP contribution in [0.25, 0.3) is 0 Å². The molecule has 1 N–H and O–H groups in total. The van der Waals surface area contributed by atoms with Crippen LogP contribution in [-0.2, 0) is 30.8 Å². The van der Waals surface area contributed by atoms with E-state index in [1.165, 1.54) is 23.4 Å². The number of nitrogens with one attached hydrogen (secondary N) is 1. The largest absolute Gasteiger partial charge is 0.456 e. The molecule has 1 aliphatic heterocycles. The van der Waals surface area contributed by atoms with Crippen LogP contribution < -0.4 is 9.62 Å². The Morgan fingerprint density at radius 2 is 1.89 bits per heavy atom. The summed E-state index contributed by atoms with van der Waals surface area (Å²) in [6.07, 6.45) is 1.35. The van der Waals surface area contributed by atoms with Gasteiger partial charge in [-0.25, -0.2) is 12.8 Å². The van der Waals surface area contributed by atoms with Gasteiger partial charge >= 0.3 is 5.97 Å². The standard InChI is InChI=1S/C19H19FN2O5S/c1-13(23)27-12-19(24)21-16-7-4-14-3-2-10-22(18(14)11-16)28(25,26)17-8-5-15(20)6-9-17/h4-9,11H,2-3,10,12H2,1H3,(H,21,24). The number of halogens is 1. The number of nitrogens with zero attached hydrogens (tertiary/aromatic N) is 1. The molecule has 0 atom stereocenters. The van der Waals surface area contributed by atoms with Crippen molar-refractivity contribution in [3.63, 3.8) is 0 Å². The molecular formula is C19H19FN2O5S. The average Bonchev–Trinajstić information content (AvgIpc) is 2.66. The molecule has 1 aliphatic rings. The maximum Gasteiger partial charge on any atom is 0.303 e. The second-order valence-corrected chi connectivity index (χ2v) is 8.17. The number of sulfonamides is 1. The quantitative estimate of drug-likeness (QED) is 0.770. The van der Waals surface area contributed by atoms with Gasteiger partial charge in [0.15, 0.2) is 6.61 Å². The van der Waals surface area contributed by atoms with Crippen molar-refractivity contribution in [2.45, 2.75) is 24.7 Å². The first-order valence-corrected chi connectivity index (χ1v) is 10.1. The number of ether oxygens (including phenoxy) is 1. The van der Waals surface area contributed by atoms with E-state index in [1.54, 1.807) is 18.2 Å². The van der Waals surface area contributed by atoms with E-state index >= 15 is 0 Å². The first-order chi connectivity index (χ1) is 13.3. The summed E-state index contributed by atoms with van der Waals surface area (Å²) >= 11 is 0. The lowest BCUT2D eigenvalue weighted by Gasteiger charge is -2.31. The smallest absolute Gasteiger partial charge is 0.303 e. The topological polar surface area (TPSA) is 92.8 Å². The van der Waals surface area contributed by atoms with E-state index in [9.17, 15) is 22.4 Å². The van der Waals surface area contributed by atoms with Gasteiger partial charge in [-0.2, -0.15) is 0 Å². The number of hydrogen-bond donors (Lipinski definition) is 1. The number of carbonyl (C=O) groups is 2. The zero-order valence-electron chi connectivity index (χ0n) is 15.1. The molecule has 28 heavy (non-hydrogen) atoms. The molecule has 0 bridgehead atoms. The van der Waals surface area contributed by atoms with Gasteiger partial charge in [-0.3, -0.25) is 13.9 Å². The summed E-state index contributed by atoms with van der Waals surface area (Å²) in [5, 5.41) is 2.58. The Balaban J connectivity index is 1.89. The van der Waals surface area contributed by atoms with Gasteiger partial charge in [-0.1, -0.05) is 6.07 Å². The number of hydrogen-bond acceptors (Lipinski definition) is 5. The van der Waals surface area contributed by atoms with Crippen molar-refractivity contribution >= 4 is 33.3 Å². The van der Waals surface area contributed by atoms with E-state index in [1.807, 2.05) is 0 Å². The summed E-state index contributed by atoms with van der Waals surface area (Å²) in [6.45, 7) is 1.05. The molecule has 0 spiro atoms. The average molecular weight is 406 g/mol. The Morgan fingerprint density at radius 1 is 1.18 bits per heavy atom. The third-order valence-electron chi connectivity index (χ3n) is 4.25. The predicted molar refractivity (Wildman–Crippen MR) is 101 cm³/mol. The molecule has 2 aromatic carbocycles. The molecule has 0 aromatic heterocycles. The third-order valence-corrected chi connectivity index (χ3v) is 6.08. The Hall–Kier alpha value is -2.94. The van der Waals surface area contributed by atoms with Crippen LogP contribution in [0.2, 0.25) is 0 Å². The number of anilines is 2. The van der Waals surface area contributed by atoms with E-state index in [4.69, 9.17) is 0 Å². The zero-order chi connectivity index (χ0) is 20.3. The number of esters is 1. The van der Waals surface area contributed by atoms with Crippen LogP contribution in [0.1, 0.15) is 18.9 Å². The van der Waals surface area contributed by atoms with Crippen molar-refractivity contribution < 1.29 is 27.1 Å². The maximum absolute atomic E-state index is 13.2. The number of carbonyl (C=O) groups excluding carboxylic acids is 2. The monoisotopic (exact) mass is 406 g/mol. The predicted octanol–water partition coefficient (Wildman–Crippen LogP) is 2.47. The summed E-state index contributed by atoms with van der Waals surface area (Å²) in [5.41, 5.74) is 1.67. The van der Waals surface area contributed by atoms with Gasteiger partial charge in [0.05, 0.1) is 10.6 Å². The molecule has 0 fully saturated rings. The van der Waals surface area contributed by atoms with Crippen molar-refractivity contribution in [3.8, 4) is 0 Å². The summed E-state index contributed by atoms with van der Waals surface area (Å²) in [6, 6.07) is 9.64. The second kappa shape index (κ2) is 7.97. The highest BCUT2D eigenvalue weighted by atomic mass is 32.2. The van der Waals surface area contributed by atoms with Gasteiger partial charge in [0.1, 0.15) is 5.82 Å². The molecule has 2 aromatic rings. The second-order valence-electron chi connectivity index (χ2n) is 6.31. The van der Waals surface area contributed by atoms with E-state index in [2.05, 4.69) is 10.1 Å². The third kappa shape index (κ3) is 4.30. The SMILES string of the molecule is CC(=O)OCC(=O)Nc1ccc2c(c1)N(S(=O)(=O)c1ccc(F)cc1)CCC2. The summed E-state index contributed by atoms with van der Waals surface area (Å²) in [5.74, 6) is -1.62. The fraction of sp³-hybridized carbons (Fsp3) is 0.263. The highest BCUT2D eigenvalue weighted by molar-refractivity contribution is 7.92. The van der Waals surface area contributed by atoms with Gasteiger partial charge < -0.3 is 10.1 Å². The normalized spacial score (nSPS) is 13.6. The number of benzene rings is 2. The number of rotatable bonds is 5. The molecule has 1 amide bonds. The first kappa shape index (κ1) is 19.8. The summed E-state index contributed by atoms with van der Waals surface area (Å²) in [7, 11) is -3.87. The Bertz CT molecular complexity index is 1010. The molecule has 1 heterocycles. The minimum Gasteiger partial charge on any atom is -0.456 e. The first-order valence-electron chi connectivity index (χ1n) is 8.62. The van der Waals surface area contributed by atoms with Crippen molar-refractivity contribution in [2.24, 2.45) is 0 Å². The number of fused-ring (bicyclic) bond motifs is 1. The van der Waals surface area contributed by atoms with Crippen molar-refractivity contribution in [1.29, 1.82) is 0 Å². The van der Waals surface area contributed by atoms with Crippen molar-refractivity contribution in [2.75, 3.05) is 22.8 Å². The van der Waals surface area contributed by atoms with E-state index in [0.717, 1.165) is 17.7 Å². The maximum atomic E-state index is 13.2. The molecular weight excluding hydrogens is 387 g/mol. The van der Waals surface area contributed by atoms with Gasteiger partial charge in [0.25, 0.3) is 15.9 Å². The highest BCUT2D eigenvalue weighted by Crippen LogP contribution is 2.34. The lowest BCUT2D eigenvalue weighted by atomic mass is 10.0. The number of aryl methyl sites for hydroxylation is 1. The molecule has 0 radical (unpaired) electrons. The Kier molecular flexibility index (Phi) is 5.64. The molecule has 0 aliphatic carbocycles. The number of amides is 1. The van der Waals surface area contributed by atoms with Gasteiger partial charge in [-0.15, -0.1) is 0 Å². The molecule has 9 heteroatoms. The fourth-order valence-corrected chi connectivity index (χ4v) is 4.50. The molecule has 3 rings (SSSR count). The van der Waals surface area contributed by atoms with Crippen LogP contribution in [0.5, 0.6) is 0 Å². The molecule has 148 valence electrons. The van der Waals surface area contributed by atoms with E-state index in [0.29, 0.717) is 24.2 Å². The Morgan fingerprint density at radius 3 is 2.57 bits per heavy atom. The van der Waals surface area contributed by atoms with Gasteiger partial charge in [0, 0.05) is 19.2 Å². The fourth-order valence-electron chi connectivity index (χ4n) is 2.97. The molecule has 0 unspecified atom stereocenters. The van der Waals surface area contributed by atoms with E-state index < -0.39 is 34.3 Å². The van der Waals surface area contributed by atoms with Crippen LogP contribution in [0.3, 0.4) is 0 Å². The van der Waals surface area contributed by atoms with Crippen molar-refractivity contribution in [1.82, 2.24) is 0 Å². The Labute approximate surface area is 162 Å². The lowest BCUT2D eigenvalue weighted by Crippen LogP contribution is -2.35. The molecule has 7 nitrogen and oxygen atoms in total. The highest BCUT2D eigenvalue weighted by Gasteiger charge is 2.29. The zero-order valence-corrected chi connectivity index (χ0v) is 16.0. The molecule has 0 saturated heterocycles. The lowest BCUT2D eigenvalue weighted by molar-refractivity contribution is -0.144. The minimum absolute atomic E-state index is 0.00829. The summed E-state index contributed by atoms with van der Waals surface area (Å²) in [4.78, 5) is 22.7. The van der Waals surface area contributed by atoms with Crippen LogP contribution in [0, 0.1) is 5.82 Å². The van der Waals surface area contributed by atoms with Crippen LogP contribution in [0.15, 0.2) is 47.4 Å². The van der Waals surface area contributed by atoms with E-state index in [-0.39, 0.29) is 11.4 Å². The van der Waals surface area contributed by atoms with Crippen LogP contribution >= 0.6 is 0 Å². The summed E-state index contributed by atoms with van der Waals surface area (Å²) < 4.78 is 45.1. The minimum atomic E-state index is -3.87.